The highest BCUT2D eigenvalue weighted by atomic mass is 14.3. The number of unbranched alkanes of at least 4 members (excludes halogenated alkanes) is 1. The number of hydrogen-bond donors (Lipinski definition) is 0. The quantitative estimate of drug-likeness (QED) is 0.572. The number of allylic oxidation sites excluding steroid dienone is 4. The molecule has 1 unspecified atom stereocenters. The van der Waals surface area contributed by atoms with Crippen molar-refractivity contribution < 1.29 is 0 Å². The zero-order chi connectivity index (χ0) is 11.7. The van der Waals surface area contributed by atoms with Gasteiger partial charge in [0.2, 0.25) is 0 Å². The van der Waals surface area contributed by atoms with E-state index in [1.807, 2.05) is 13.8 Å². The number of hydrogen-bond acceptors (Lipinski definition) is 0. The SMILES string of the molecule is CC.CCCCC1(C)C=CC(CC)=CC1. The standard InChI is InChI=1S/C13H22.C2H6/c1-4-6-9-13(3)10-7-12(5-2)8-11-13;1-2/h7-8,10H,4-6,9,11H2,1-3H3;1-2H3. The second-order valence-corrected chi connectivity index (χ2v) is 4.43. The van der Waals surface area contributed by atoms with Crippen LogP contribution in [0.4, 0.5) is 0 Å². The summed E-state index contributed by atoms with van der Waals surface area (Å²) in [6.07, 6.45) is 13.6. The van der Waals surface area contributed by atoms with E-state index in [1.165, 1.54) is 37.7 Å². The third kappa shape index (κ3) is 5.20. The molecular weight excluding hydrogens is 180 g/mol. The van der Waals surface area contributed by atoms with Crippen LogP contribution in [0, 0.1) is 5.41 Å². The van der Waals surface area contributed by atoms with E-state index in [1.54, 1.807) is 0 Å². The Morgan fingerprint density at radius 3 is 2.33 bits per heavy atom. The maximum absolute atomic E-state index is 2.42. The van der Waals surface area contributed by atoms with Crippen LogP contribution in [0.15, 0.2) is 23.8 Å². The molecule has 1 aliphatic carbocycles. The first kappa shape index (κ1) is 14.5. The Bertz CT molecular complexity index is 210. The molecule has 0 heterocycles. The summed E-state index contributed by atoms with van der Waals surface area (Å²) in [5.41, 5.74) is 1.96. The smallest absolute Gasteiger partial charge is 0.0109 e. The molecule has 0 saturated carbocycles. The summed E-state index contributed by atoms with van der Waals surface area (Å²) in [4.78, 5) is 0. The predicted octanol–water partition coefficient (Wildman–Crippen LogP) is 5.51. The van der Waals surface area contributed by atoms with Crippen molar-refractivity contribution in [1.29, 1.82) is 0 Å². The van der Waals surface area contributed by atoms with Crippen LogP contribution < -0.4 is 0 Å². The Hall–Kier alpha value is -0.520. The van der Waals surface area contributed by atoms with E-state index in [0.717, 1.165) is 0 Å². The Morgan fingerprint density at radius 2 is 1.93 bits per heavy atom. The lowest BCUT2D eigenvalue weighted by molar-refractivity contribution is 0.376. The van der Waals surface area contributed by atoms with Gasteiger partial charge in [-0.2, -0.15) is 0 Å². The molecule has 1 aliphatic rings. The molecule has 0 aromatic rings. The van der Waals surface area contributed by atoms with Crippen molar-refractivity contribution in [3.05, 3.63) is 23.8 Å². The average Bonchev–Trinajstić information content (AvgIpc) is 2.30. The molecule has 0 spiro atoms. The van der Waals surface area contributed by atoms with Crippen LogP contribution in [0.25, 0.3) is 0 Å². The minimum absolute atomic E-state index is 0.453. The van der Waals surface area contributed by atoms with Gasteiger partial charge in [-0.1, -0.05) is 71.3 Å². The molecule has 0 saturated heterocycles. The summed E-state index contributed by atoms with van der Waals surface area (Å²) >= 11 is 0. The molecule has 15 heavy (non-hydrogen) atoms. The van der Waals surface area contributed by atoms with E-state index in [9.17, 15) is 0 Å². The van der Waals surface area contributed by atoms with Gasteiger partial charge in [-0.05, 0) is 24.7 Å². The lowest BCUT2D eigenvalue weighted by Crippen LogP contribution is -2.14. The summed E-state index contributed by atoms with van der Waals surface area (Å²) in [5.74, 6) is 0. The molecule has 0 aromatic heterocycles. The molecule has 0 radical (unpaired) electrons. The molecule has 0 aromatic carbocycles. The fourth-order valence-corrected chi connectivity index (χ4v) is 1.84. The minimum atomic E-state index is 0.453. The molecule has 0 nitrogen and oxygen atoms in total. The van der Waals surface area contributed by atoms with Gasteiger partial charge >= 0.3 is 0 Å². The summed E-state index contributed by atoms with van der Waals surface area (Å²) < 4.78 is 0. The minimum Gasteiger partial charge on any atom is -0.0805 e. The van der Waals surface area contributed by atoms with Gasteiger partial charge in [0.05, 0.1) is 0 Å². The monoisotopic (exact) mass is 208 g/mol. The van der Waals surface area contributed by atoms with Gasteiger partial charge in [0.15, 0.2) is 0 Å². The fraction of sp³-hybridized carbons (Fsp3) is 0.733. The third-order valence-electron chi connectivity index (χ3n) is 3.04. The van der Waals surface area contributed by atoms with Crippen molar-refractivity contribution in [2.75, 3.05) is 0 Å². The normalized spacial score (nSPS) is 24.2. The van der Waals surface area contributed by atoms with Crippen molar-refractivity contribution in [2.45, 2.75) is 66.7 Å². The van der Waals surface area contributed by atoms with Crippen LogP contribution >= 0.6 is 0 Å². The summed E-state index contributed by atoms with van der Waals surface area (Å²) in [7, 11) is 0. The largest absolute Gasteiger partial charge is 0.0805 e. The van der Waals surface area contributed by atoms with Gasteiger partial charge in [0.25, 0.3) is 0 Å². The molecule has 0 N–H and O–H groups in total. The maximum Gasteiger partial charge on any atom is -0.0109 e. The second-order valence-electron chi connectivity index (χ2n) is 4.43. The van der Waals surface area contributed by atoms with Gasteiger partial charge < -0.3 is 0 Å². The predicted molar refractivity (Wildman–Crippen MR) is 71.1 cm³/mol. The van der Waals surface area contributed by atoms with E-state index < -0.39 is 0 Å². The van der Waals surface area contributed by atoms with E-state index in [4.69, 9.17) is 0 Å². The molecule has 0 aliphatic heterocycles. The highest BCUT2D eigenvalue weighted by Crippen LogP contribution is 2.34. The Morgan fingerprint density at radius 1 is 1.27 bits per heavy atom. The van der Waals surface area contributed by atoms with Crippen LogP contribution in [0.3, 0.4) is 0 Å². The lowest BCUT2D eigenvalue weighted by Gasteiger charge is -2.27. The summed E-state index contributed by atoms with van der Waals surface area (Å²) in [6, 6.07) is 0. The maximum atomic E-state index is 2.42. The van der Waals surface area contributed by atoms with Gasteiger partial charge in [-0.15, -0.1) is 0 Å². The first-order chi connectivity index (χ1) is 7.20. The van der Waals surface area contributed by atoms with E-state index in [2.05, 4.69) is 39.0 Å². The Kier molecular flexibility index (Phi) is 7.46. The van der Waals surface area contributed by atoms with Crippen molar-refractivity contribution >= 4 is 0 Å². The van der Waals surface area contributed by atoms with Gasteiger partial charge in [-0.3, -0.25) is 0 Å². The van der Waals surface area contributed by atoms with E-state index >= 15 is 0 Å². The summed E-state index contributed by atoms with van der Waals surface area (Å²) in [5, 5.41) is 0. The molecule has 0 amide bonds. The van der Waals surface area contributed by atoms with Crippen LogP contribution in [0.2, 0.25) is 0 Å². The number of rotatable bonds is 4. The first-order valence-corrected chi connectivity index (χ1v) is 6.58. The highest BCUT2D eigenvalue weighted by molar-refractivity contribution is 5.25. The van der Waals surface area contributed by atoms with E-state index in [-0.39, 0.29) is 0 Å². The topological polar surface area (TPSA) is 0 Å². The van der Waals surface area contributed by atoms with Gasteiger partial charge in [0, 0.05) is 0 Å². The molecule has 88 valence electrons. The summed E-state index contributed by atoms with van der Waals surface area (Å²) in [6.45, 7) is 10.9. The fourth-order valence-electron chi connectivity index (χ4n) is 1.84. The van der Waals surface area contributed by atoms with Crippen molar-refractivity contribution in [2.24, 2.45) is 5.41 Å². The van der Waals surface area contributed by atoms with Crippen LogP contribution in [0.1, 0.15) is 66.7 Å². The Labute approximate surface area is 96.5 Å². The Balaban J connectivity index is 0.000000921. The molecule has 0 heteroatoms. The van der Waals surface area contributed by atoms with Crippen molar-refractivity contribution in [3.63, 3.8) is 0 Å². The molecule has 1 rings (SSSR count). The first-order valence-electron chi connectivity index (χ1n) is 6.58. The lowest BCUT2D eigenvalue weighted by atomic mass is 9.78. The van der Waals surface area contributed by atoms with E-state index in [0.29, 0.717) is 5.41 Å². The highest BCUT2D eigenvalue weighted by Gasteiger charge is 2.20. The zero-order valence-corrected chi connectivity index (χ0v) is 11.3. The molecule has 1 atom stereocenters. The third-order valence-corrected chi connectivity index (χ3v) is 3.04. The van der Waals surface area contributed by atoms with Crippen molar-refractivity contribution in [1.82, 2.24) is 0 Å². The van der Waals surface area contributed by atoms with Crippen molar-refractivity contribution in [3.8, 4) is 0 Å². The van der Waals surface area contributed by atoms with Crippen LogP contribution in [-0.2, 0) is 0 Å². The average molecular weight is 208 g/mol. The molecule has 0 fully saturated rings. The molecule has 0 bridgehead atoms. The van der Waals surface area contributed by atoms with Crippen LogP contribution in [-0.4, -0.2) is 0 Å². The second kappa shape index (κ2) is 7.73. The molecular formula is C15H28. The zero-order valence-electron chi connectivity index (χ0n) is 11.3. The van der Waals surface area contributed by atoms with Crippen LogP contribution in [0.5, 0.6) is 0 Å². The van der Waals surface area contributed by atoms with Gasteiger partial charge in [0.1, 0.15) is 0 Å². The van der Waals surface area contributed by atoms with Gasteiger partial charge in [-0.25, -0.2) is 0 Å².